The first-order valence-electron chi connectivity index (χ1n) is 9.59. The van der Waals surface area contributed by atoms with Gasteiger partial charge in [-0.05, 0) is 31.9 Å². The molecule has 7 nitrogen and oxygen atoms in total. The van der Waals surface area contributed by atoms with Crippen LogP contribution in [0, 0.1) is 0 Å². The molecule has 156 valence electrons. The number of imidazole rings is 1. The third-order valence-corrected chi connectivity index (χ3v) is 5.89. The Morgan fingerprint density at radius 1 is 1.30 bits per heavy atom. The van der Waals surface area contributed by atoms with Crippen molar-refractivity contribution in [2.24, 2.45) is 0 Å². The van der Waals surface area contributed by atoms with Crippen LogP contribution in [0.2, 0.25) is 0 Å². The molecule has 1 N–H and O–H groups in total. The summed E-state index contributed by atoms with van der Waals surface area (Å²) < 4.78 is 38.9. The molecule has 0 unspecified atom stereocenters. The fraction of sp³-hybridized carbons (Fsp3) is 0.381. The number of carbonyl (C=O) groups excluding carboxylic acids is 1. The SMILES string of the molecule is COc1cc(NC(=O)c2cccc(C(F)F)n2)cn2cc(C34COC(C)(C3)C4)nc12. The number of nitrogens with one attached hydrogen (secondary N) is 1. The Balaban J connectivity index is 1.45. The summed E-state index contributed by atoms with van der Waals surface area (Å²) in [5.41, 5.74) is 1.35. The van der Waals surface area contributed by atoms with Crippen LogP contribution >= 0.6 is 0 Å². The first-order chi connectivity index (χ1) is 14.3. The van der Waals surface area contributed by atoms with Crippen LogP contribution in [0.25, 0.3) is 5.65 Å². The number of ether oxygens (including phenoxy) is 2. The number of amides is 1. The molecule has 0 aromatic carbocycles. The lowest BCUT2D eigenvalue weighted by atomic mass is 9.62. The monoisotopic (exact) mass is 414 g/mol. The molecule has 30 heavy (non-hydrogen) atoms. The lowest BCUT2D eigenvalue weighted by Gasteiger charge is -2.41. The molecule has 9 heteroatoms. The van der Waals surface area contributed by atoms with E-state index in [0.717, 1.165) is 18.5 Å². The second-order valence-corrected chi connectivity index (χ2v) is 8.23. The molecule has 3 aromatic rings. The Morgan fingerprint density at radius 3 is 2.77 bits per heavy atom. The van der Waals surface area contributed by atoms with Crippen LogP contribution in [0.3, 0.4) is 0 Å². The first-order valence-corrected chi connectivity index (χ1v) is 9.59. The number of hydrogen-bond donors (Lipinski definition) is 1. The van der Waals surface area contributed by atoms with Gasteiger partial charge in [0, 0.05) is 23.9 Å². The highest BCUT2D eigenvalue weighted by Crippen LogP contribution is 2.58. The number of carbonyl (C=O) groups is 1. The van der Waals surface area contributed by atoms with E-state index in [1.807, 2.05) is 6.20 Å². The number of pyridine rings is 2. The van der Waals surface area contributed by atoms with Crippen LogP contribution in [-0.2, 0) is 10.2 Å². The summed E-state index contributed by atoms with van der Waals surface area (Å²) >= 11 is 0. The third-order valence-electron chi connectivity index (χ3n) is 5.89. The Morgan fingerprint density at radius 2 is 2.10 bits per heavy atom. The van der Waals surface area contributed by atoms with Crippen molar-refractivity contribution in [3.05, 3.63) is 53.7 Å². The van der Waals surface area contributed by atoms with Gasteiger partial charge in [-0.15, -0.1) is 0 Å². The minimum absolute atomic E-state index is 0.0568. The molecule has 3 fully saturated rings. The zero-order chi connectivity index (χ0) is 21.1. The summed E-state index contributed by atoms with van der Waals surface area (Å²) in [5.74, 6) is -0.0949. The number of hydrogen-bond acceptors (Lipinski definition) is 5. The maximum absolute atomic E-state index is 12.9. The molecule has 1 amide bonds. The number of rotatable bonds is 5. The number of nitrogens with zero attached hydrogens (tertiary/aromatic N) is 3. The fourth-order valence-electron chi connectivity index (χ4n) is 4.59. The van der Waals surface area contributed by atoms with Crippen LogP contribution in [0.1, 0.15) is 48.1 Å². The average molecular weight is 414 g/mol. The van der Waals surface area contributed by atoms with E-state index in [2.05, 4.69) is 17.2 Å². The van der Waals surface area contributed by atoms with E-state index in [1.54, 1.807) is 16.7 Å². The molecule has 2 bridgehead atoms. The summed E-state index contributed by atoms with van der Waals surface area (Å²) in [5, 5.41) is 2.70. The van der Waals surface area contributed by atoms with E-state index in [1.165, 1.54) is 25.3 Å². The van der Waals surface area contributed by atoms with E-state index in [4.69, 9.17) is 14.5 Å². The van der Waals surface area contributed by atoms with E-state index in [-0.39, 0.29) is 16.7 Å². The van der Waals surface area contributed by atoms with Gasteiger partial charge in [0.15, 0.2) is 11.4 Å². The highest BCUT2D eigenvalue weighted by atomic mass is 19.3. The maximum Gasteiger partial charge on any atom is 0.280 e. The van der Waals surface area contributed by atoms with E-state index in [0.29, 0.717) is 23.7 Å². The van der Waals surface area contributed by atoms with Crippen molar-refractivity contribution in [3.8, 4) is 5.75 Å². The van der Waals surface area contributed by atoms with Gasteiger partial charge in [-0.3, -0.25) is 4.79 Å². The van der Waals surface area contributed by atoms with Gasteiger partial charge in [-0.1, -0.05) is 6.07 Å². The fourth-order valence-corrected chi connectivity index (χ4v) is 4.59. The molecule has 2 saturated heterocycles. The number of fused-ring (bicyclic) bond motifs is 2. The topological polar surface area (TPSA) is 77.8 Å². The highest BCUT2D eigenvalue weighted by molar-refractivity contribution is 6.03. The van der Waals surface area contributed by atoms with Gasteiger partial charge in [0.1, 0.15) is 11.4 Å². The van der Waals surface area contributed by atoms with Gasteiger partial charge in [0.2, 0.25) is 0 Å². The summed E-state index contributed by atoms with van der Waals surface area (Å²) in [6, 6.07) is 5.60. The zero-order valence-corrected chi connectivity index (χ0v) is 16.5. The number of halogens is 2. The second kappa shape index (κ2) is 6.46. The van der Waals surface area contributed by atoms with Crippen molar-refractivity contribution in [1.29, 1.82) is 0 Å². The summed E-state index contributed by atoms with van der Waals surface area (Å²) in [6.45, 7) is 2.75. The standard InChI is InChI=1S/C21H20F2N4O3/c1-20-9-21(10-20,11-30-20)16-8-27-7-12(6-15(29-2)18(27)26-16)24-19(28)14-5-3-4-13(25-14)17(22)23/h3-8,17H,9-11H2,1-2H3,(H,24,28). The van der Waals surface area contributed by atoms with E-state index >= 15 is 0 Å². The Kier molecular flexibility index (Phi) is 4.08. The van der Waals surface area contributed by atoms with Gasteiger partial charge >= 0.3 is 0 Å². The second-order valence-electron chi connectivity index (χ2n) is 8.23. The van der Waals surface area contributed by atoms with Crippen LogP contribution in [0.4, 0.5) is 14.5 Å². The minimum atomic E-state index is -2.74. The molecule has 2 aliphatic heterocycles. The molecule has 1 saturated carbocycles. The average Bonchev–Trinajstić information content (AvgIpc) is 3.38. The number of methoxy groups -OCH3 is 1. The van der Waals surface area contributed by atoms with Crippen molar-refractivity contribution in [1.82, 2.24) is 14.4 Å². The first kappa shape index (κ1) is 18.9. The Bertz CT molecular complexity index is 1150. The van der Waals surface area contributed by atoms with Crippen LogP contribution < -0.4 is 10.1 Å². The van der Waals surface area contributed by atoms with E-state index in [9.17, 15) is 13.6 Å². The zero-order valence-electron chi connectivity index (χ0n) is 16.5. The quantitative estimate of drug-likeness (QED) is 0.688. The molecule has 3 aliphatic rings. The largest absolute Gasteiger partial charge is 0.493 e. The molecule has 6 rings (SSSR count). The van der Waals surface area contributed by atoms with E-state index < -0.39 is 18.0 Å². The molecule has 1 aliphatic carbocycles. The predicted molar refractivity (Wildman–Crippen MR) is 104 cm³/mol. The van der Waals surface area contributed by atoms with Gasteiger partial charge in [0.05, 0.1) is 30.7 Å². The van der Waals surface area contributed by atoms with Crippen molar-refractivity contribution >= 4 is 17.2 Å². The molecule has 0 radical (unpaired) electrons. The van der Waals surface area contributed by atoms with Crippen molar-refractivity contribution in [2.45, 2.75) is 37.2 Å². The van der Waals surface area contributed by atoms with Gasteiger partial charge < -0.3 is 19.2 Å². The van der Waals surface area contributed by atoms with Crippen LogP contribution in [0.5, 0.6) is 5.75 Å². The van der Waals surface area contributed by atoms with Gasteiger partial charge in [-0.2, -0.15) is 0 Å². The van der Waals surface area contributed by atoms with Crippen molar-refractivity contribution in [2.75, 3.05) is 19.0 Å². The smallest absolute Gasteiger partial charge is 0.280 e. The van der Waals surface area contributed by atoms with Gasteiger partial charge in [-0.25, -0.2) is 18.7 Å². The molecule has 0 atom stereocenters. The molecular weight excluding hydrogens is 394 g/mol. The summed E-state index contributed by atoms with van der Waals surface area (Å²) in [7, 11) is 1.53. The normalized spacial score (nSPS) is 24.8. The molecule has 5 heterocycles. The minimum Gasteiger partial charge on any atom is -0.493 e. The maximum atomic E-state index is 12.9. The molecule has 3 aromatic heterocycles. The highest BCUT2D eigenvalue weighted by Gasteiger charge is 2.61. The lowest BCUT2D eigenvalue weighted by Crippen LogP contribution is -2.45. The third kappa shape index (κ3) is 2.92. The van der Waals surface area contributed by atoms with Crippen molar-refractivity contribution < 1.29 is 23.0 Å². The van der Waals surface area contributed by atoms with Gasteiger partial charge in [0.25, 0.3) is 12.3 Å². The Hall–Kier alpha value is -3.07. The predicted octanol–water partition coefficient (Wildman–Crippen LogP) is 3.75. The molecular formula is C21H20F2N4O3. The van der Waals surface area contributed by atoms with Crippen LogP contribution in [0.15, 0.2) is 36.7 Å². The molecule has 0 spiro atoms. The number of alkyl halides is 2. The van der Waals surface area contributed by atoms with Crippen molar-refractivity contribution in [3.63, 3.8) is 0 Å². The number of aromatic nitrogens is 3. The number of anilines is 1. The lowest BCUT2D eigenvalue weighted by molar-refractivity contribution is 0.0154. The summed E-state index contributed by atoms with van der Waals surface area (Å²) in [6.07, 6.45) is 2.76. The summed E-state index contributed by atoms with van der Waals surface area (Å²) in [4.78, 5) is 21.0. The van der Waals surface area contributed by atoms with Crippen LogP contribution in [-0.4, -0.2) is 39.6 Å². The Labute approximate surface area is 171 Å².